The summed E-state index contributed by atoms with van der Waals surface area (Å²) in [4.78, 5) is 2.78. The molecule has 1 aliphatic heterocycles. The summed E-state index contributed by atoms with van der Waals surface area (Å²) >= 11 is 0. The lowest BCUT2D eigenvalue weighted by atomic mass is 9.71. The lowest BCUT2D eigenvalue weighted by Crippen LogP contribution is -2.68. The molecule has 1 saturated carbocycles. The Labute approximate surface area is 94.4 Å². The van der Waals surface area contributed by atoms with Gasteiger partial charge in [-0.2, -0.15) is 0 Å². The molecule has 0 aromatic rings. The maximum atomic E-state index is 3.64. The quantitative estimate of drug-likeness (QED) is 0.753. The molecule has 0 aromatic heterocycles. The molecule has 1 N–H and O–H groups in total. The Kier molecular flexibility index (Phi) is 2.85. The SMILES string of the molecule is CCC1(N2CC(C)(C)NCC2C)CCC1. The van der Waals surface area contributed by atoms with Gasteiger partial charge in [0.05, 0.1) is 0 Å². The van der Waals surface area contributed by atoms with Crippen molar-refractivity contribution >= 4 is 0 Å². The van der Waals surface area contributed by atoms with Crippen molar-refractivity contribution in [1.29, 1.82) is 0 Å². The summed E-state index contributed by atoms with van der Waals surface area (Å²) in [6, 6.07) is 0.707. The van der Waals surface area contributed by atoms with Crippen molar-refractivity contribution in [2.45, 2.75) is 70.5 Å². The van der Waals surface area contributed by atoms with Gasteiger partial charge in [-0.15, -0.1) is 0 Å². The smallest absolute Gasteiger partial charge is 0.0253 e. The van der Waals surface area contributed by atoms with E-state index in [2.05, 4.69) is 37.9 Å². The molecule has 1 aliphatic carbocycles. The molecule has 88 valence electrons. The normalized spacial score (nSPS) is 34.8. The zero-order valence-electron chi connectivity index (χ0n) is 10.8. The maximum Gasteiger partial charge on any atom is 0.0253 e. The van der Waals surface area contributed by atoms with E-state index in [0.29, 0.717) is 17.1 Å². The summed E-state index contributed by atoms with van der Waals surface area (Å²) in [6.07, 6.45) is 5.60. The van der Waals surface area contributed by atoms with Gasteiger partial charge >= 0.3 is 0 Å². The average molecular weight is 210 g/mol. The van der Waals surface area contributed by atoms with Crippen molar-refractivity contribution in [1.82, 2.24) is 10.2 Å². The predicted octanol–water partition coefficient (Wildman–Crippen LogP) is 2.39. The van der Waals surface area contributed by atoms with Gasteiger partial charge in [0.25, 0.3) is 0 Å². The van der Waals surface area contributed by atoms with Crippen LogP contribution in [0.3, 0.4) is 0 Å². The first kappa shape index (κ1) is 11.4. The van der Waals surface area contributed by atoms with Crippen molar-refractivity contribution in [3.05, 3.63) is 0 Å². The number of piperazine rings is 1. The van der Waals surface area contributed by atoms with Crippen LogP contribution in [0.15, 0.2) is 0 Å². The average Bonchev–Trinajstić information content (AvgIpc) is 2.10. The zero-order valence-corrected chi connectivity index (χ0v) is 10.8. The molecule has 2 fully saturated rings. The van der Waals surface area contributed by atoms with Gasteiger partial charge in [-0.3, -0.25) is 4.90 Å². The second-order valence-electron chi connectivity index (χ2n) is 6.17. The highest BCUT2D eigenvalue weighted by Gasteiger charge is 2.46. The van der Waals surface area contributed by atoms with Crippen LogP contribution in [0.4, 0.5) is 0 Å². The molecule has 1 saturated heterocycles. The Morgan fingerprint density at radius 1 is 1.33 bits per heavy atom. The van der Waals surface area contributed by atoms with Gasteiger partial charge in [0.15, 0.2) is 0 Å². The minimum atomic E-state index is 0.296. The Balaban J connectivity index is 2.11. The van der Waals surface area contributed by atoms with E-state index in [1.165, 1.54) is 32.2 Å². The van der Waals surface area contributed by atoms with Crippen LogP contribution in [-0.4, -0.2) is 35.1 Å². The summed E-state index contributed by atoms with van der Waals surface area (Å²) in [5, 5.41) is 3.64. The van der Waals surface area contributed by atoms with E-state index in [0.717, 1.165) is 6.54 Å². The van der Waals surface area contributed by atoms with E-state index in [1.54, 1.807) is 0 Å². The molecular formula is C13H26N2. The summed E-state index contributed by atoms with van der Waals surface area (Å²) in [6.45, 7) is 11.7. The van der Waals surface area contributed by atoms with Crippen molar-refractivity contribution in [2.24, 2.45) is 0 Å². The van der Waals surface area contributed by atoms with Crippen molar-refractivity contribution in [2.75, 3.05) is 13.1 Å². The van der Waals surface area contributed by atoms with Gasteiger partial charge in [-0.05, 0) is 46.5 Å². The highest BCUT2D eigenvalue weighted by Crippen LogP contribution is 2.42. The van der Waals surface area contributed by atoms with Crippen LogP contribution in [0.1, 0.15) is 53.4 Å². The highest BCUT2D eigenvalue weighted by atomic mass is 15.3. The second kappa shape index (κ2) is 3.74. The minimum Gasteiger partial charge on any atom is -0.309 e. The van der Waals surface area contributed by atoms with Gasteiger partial charge in [0, 0.05) is 30.2 Å². The summed E-state index contributed by atoms with van der Waals surface area (Å²) < 4.78 is 0. The van der Waals surface area contributed by atoms with Gasteiger partial charge in [-0.1, -0.05) is 6.92 Å². The molecule has 0 radical (unpaired) electrons. The van der Waals surface area contributed by atoms with Gasteiger partial charge in [0.2, 0.25) is 0 Å². The van der Waals surface area contributed by atoms with Gasteiger partial charge in [0.1, 0.15) is 0 Å². The molecule has 2 rings (SSSR count). The molecule has 15 heavy (non-hydrogen) atoms. The van der Waals surface area contributed by atoms with Crippen LogP contribution in [0.2, 0.25) is 0 Å². The van der Waals surface area contributed by atoms with Crippen LogP contribution in [0.5, 0.6) is 0 Å². The van der Waals surface area contributed by atoms with Crippen LogP contribution in [0.25, 0.3) is 0 Å². The first-order valence-electron chi connectivity index (χ1n) is 6.51. The van der Waals surface area contributed by atoms with E-state index >= 15 is 0 Å². The van der Waals surface area contributed by atoms with Crippen molar-refractivity contribution in [3.8, 4) is 0 Å². The number of nitrogens with one attached hydrogen (secondary N) is 1. The molecule has 2 aliphatic rings. The lowest BCUT2D eigenvalue weighted by Gasteiger charge is -2.57. The van der Waals surface area contributed by atoms with Gasteiger partial charge < -0.3 is 5.32 Å². The predicted molar refractivity (Wildman–Crippen MR) is 65.1 cm³/mol. The third kappa shape index (κ3) is 1.94. The molecular weight excluding hydrogens is 184 g/mol. The monoisotopic (exact) mass is 210 g/mol. The number of hydrogen-bond acceptors (Lipinski definition) is 2. The van der Waals surface area contributed by atoms with Crippen LogP contribution < -0.4 is 5.32 Å². The van der Waals surface area contributed by atoms with E-state index in [1.807, 2.05) is 0 Å². The molecule has 1 unspecified atom stereocenters. The van der Waals surface area contributed by atoms with Crippen molar-refractivity contribution < 1.29 is 0 Å². The Bertz CT molecular complexity index is 225. The Morgan fingerprint density at radius 2 is 2.00 bits per heavy atom. The molecule has 1 atom stereocenters. The fourth-order valence-corrected chi connectivity index (χ4v) is 3.24. The van der Waals surface area contributed by atoms with Gasteiger partial charge in [-0.25, -0.2) is 0 Å². The zero-order chi connectivity index (χ0) is 11.1. The fourth-order valence-electron chi connectivity index (χ4n) is 3.24. The minimum absolute atomic E-state index is 0.296. The first-order chi connectivity index (χ1) is 6.99. The summed E-state index contributed by atoms with van der Waals surface area (Å²) in [5.74, 6) is 0. The summed E-state index contributed by atoms with van der Waals surface area (Å²) in [7, 11) is 0. The molecule has 1 heterocycles. The van der Waals surface area contributed by atoms with Crippen LogP contribution >= 0.6 is 0 Å². The Hall–Kier alpha value is -0.0800. The molecule has 0 aromatic carbocycles. The number of hydrogen-bond donors (Lipinski definition) is 1. The number of rotatable bonds is 2. The summed E-state index contributed by atoms with van der Waals surface area (Å²) in [5.41, 5.74) is 0.850. The van der Waals surface area contributed by atoms with E-state index in [4.69, 9.17) is 0 Å². The molecule has 2 nitrogen and oxygen atoms in total. The standard InChI is InChI=1S/C13H26N2/c1-5-13(7-6-8-13)15-10-12(3,4)14-9-11(15)2/h11,14H,5-10H2,1-4H3. The molecule has 2 heteroatoms. The second-order valence-corrected chi connectivity index (χ2v) is 6.17. The molecule has 0 bridgehead atoms. The van der Waals surface area contributed by atoms with E-state index in [9.17, 15) is 0 Å². The number of nitrogens with zero attached hydrogens (tertiary/aromatic N) is 1. The van der Waals surface area contributed by atoms with Crippen LogP contribution in [0, 0.1) is 0 Å². The molecule has 0 spiro atoms. The first-order valence-corrected chi connectivity index (χ1v) is 6.51. The third-order valence-corrected chi connectivity index (χ3v) is 4.53. The van der Waals surface area contributed by atoms with E-state index < -0.39 is 0 Å². The van der Waals surface area contributed by atoms with Crippen LogP contribution in [-0.2, 0) is 0 Å². The third-order valence-electron chi connectivity index (χ3n) is 4.53. The van der Waals surface area contributed by atoms with E-state index in [-0.39, 0.29) is 0 Å². The lowest BCUT2D eigenvalue weighted by molar-refractivity contribution is -0.0509. The largest absolute Gasteiger partial charge is 0.309 e. The fraction of sp³-hybridized carbons (Fsp3) is 1.00. The maximum absolute atomic E-state index is 3.64. The Morgan fingerprint density at radius 3 is 2.47 bits per heavy atom. The topological polar surface area (TPSA) is 15.3 Å². The highest BCUT2D eigenvalue weighted by molar-refractivity contribution is 5.03. The molecule has 0 amide bonds. The van der Waals surface area contributed by atoms with Crippen molar-refractivity contribution in [3.63, 3.8) is 0 Å².